The number of esters is 1. The van der Waals surface area contributed by atoms with Crippen molar-refractivity contribution in [1.82, 2.24) is 10.2 Å². The molecule has 0 aromatic carbocycles. The zero-order valence-corrected chi connectivity index (χ0v) is 22.9. The number of nitrogens with zero attached hydrogens (tertiary/aromatic N) is 1. The summed E-state index contributed by atoms with van der Waals surface area (Å²) in [5.74, 6) is 0.283. The van der Waals surface area contributed by atoms with E-state index in [0.717, 1.165) is 76.7 Å². The van der Waals surface area contributed by atoms with Gasteiger partial charge in [-0.15, -0.1) is 0 Å². The molecule has 38 heavy (non-hydrogen) atoms. The molecule has 2 N–H and O–H groups in total. The lowest BCUT2D eigenvalue weighted by Crippen LogP contribution is -2.66. The molecule has 10 atom stereocenters. The van der Waals surface area contributed by atoms with Gasteiger partial charge in [-0.1, -0.05) is 13.8 Å². The topological polar surface area (TPSA) is 105 Å². The summed E-state index contributed by atoms with van der Waals surface area (Å²) >= 11 is 0. The van der Waals surface area contributed by atoms with E-state index in [9.17, 15) is 14.7 Å². The van der Waals surface area contributed by atoms with E-state index in [2.05, 4.69) is 24.1 Å². The highest BCUT2D eigenvalue weighted by Gasteiger charge is 2.85. The van der Waals surface area contributed by atoms with Crippen LogP contribution in [0.25, 0.3) is 0 Å². The Bertz CT molecular complexity index is 1160. The third-order valence-electron chi connectivity index (χ3n) is 12.3. The van der Waals surface area contributed by atoms with Crippen LogP contribution in [0.3, 0.4) is 0 Å². The van der Waals surface area contributed by atoms with Gasteiger partial charge in [0.1, 0.15) is 17.8 Å². The van der Waals surface area contributed by atoms with Crippen LogP contribution in [-0.2, 0) is 14.3 Å². The van der Waals surface area contributed by atoms with Gasteiger partial charge >= 0.3 is 11.6 Å². The number of piperazine rings is 1. The largest absolute Gasteiger partial charge is 0.459 e. The van der Waals surface area contributed by atoms with E-state index in [-0.39, 0.29) is 40.0 Å². The molecule has 7 rings (SSSR count). The Morgan fingerprint density at radius 2 is 1.82 bits per heavy atom. The summed E-state index contributed by atoms with van der Waals surface area (Å²) in [6.45, 7) is 10.3. The van der Waals surface area contributed by atoms with E-state index < -0.39 is 11.7 Å². The van der Waals surface area contributed by atoms with Gasteiger partial charge in [0.25, 0.3) is 0 Å². The summed E-state index contributed by atoms with van der Waals surface area (Å²) in [5.41, 5.74) is -0.910. The Hall–Kier alpha value is -1.74. The van der Waals surface area contributed by atoms with E-state index in [1.807, 2.05) is 6.07 Å². The van der Waals surface area contributed by atoms with Crippen molar-refractivity contribution in [3.8, 4) is 0 Å². The molecular weight excluding hydrogens is 484 g/mol. The Kier molecular flexibility index (Phi) is 5.57. The van der Waals surface area contributed by atoms with Crippen molar-refractivity contribution in [2.24, 2.45) is 22.7 Å². The zero-order chi connectivity index (χ0) is 26.5. The van der Waals surface area contributed by atoms with Crippen molar-refractivity contribution >= 4 is 5.97 Å². The van der Waals surface area contributed by atoms with E-state index in [1.54, 1.807) is 6.26 Å². The molecule has 8 nitrogen and oxygen atoms in total. The third-order valence-corrected chi connectivity index (χ3v) is 12.3. The minimum Gasteiger partial charge on any atom is -0.459 e. The van der Waals surface area contributed by atoms with Gasteiger partial charge in [-0.3, -0.25) is 9.69 Å². The lowest BCUT2D eigenvalue weighted by Gasteiger charge is -2.64. The second-order valence-electron chi connectivity index (χ2n) is 13.6. The average Bonchev–Trinajstić information content (AvgIpc) is 3.60. The number of nitrogens with one attached hydrogen (secondary N) is 1. The summed E-state index contributed by atoms with van der Waals surface area (Å²) in [4.78, 5) is 26.6. The van der Waals surface area contributed by atoms with Gasteiger partial charge in [-0.25, -0.2) is 4.79 Å². The standard InChI is InChI=1S/C30H42N2O6/c1-18(33)37-25-24(19-4-5-23(34)36-17-19)28(3)10-7-21-22(30(28)26(25)38-30)8-11-29(35)16-20(6-9-27(21,29)2)32-14-12-31-13-15-32/h4-5,17,20-22,24-26,31,35H,6-16H2,1-3H3/t20?,21-,22+,24-,25+,26+,27+,28+,29-,30+/m0/s1. The smallest absolute Gasteiger partial charge is 0.335 e. The maximum Gasteiger partial charge on any atom is 0.335 e. The maximum absolute atomic E-state index is 12.3. The number of epoxide rings is 1. The Morgan fingerprint density at radius 1 is 1.08 bits per heavy atom. The monoisotopic (exact) mass is 526 g/mol. The number of aliphatic hydroxyl groups is 1. The van der Waals surface area contributed by atoms with Gasteiger partial charge in [-0.05, 0) is 73.8 Å². The van der Waals surface area contributed by atoms with E-state index in [4.69, 9.17) is 13.9 Å². The normalized spacial score (nSPS) is 49.8. The van der Waals surface area contributed by atoms with E-state index in [1.165, 1.54) is 13.0 Å². The zero-order valence-electron chi connectivity index (χ0n) is 22.9. The van der Waals surface area contributed by atoms with Crippen LogP contribution in [0.1, 0.15) is 77.2 Å². The van der Waals surface area contributed by atoms with Crippen LogP contribution in [-0.4, -0.2) is 71.6 Å². The van der Waals surface area contributed by atoms with Gasteiger partial charge in [0, 0.05) is 56.5 Å². The van der Waals surface area contributed by atoms with Crippen LogP contribution in [0.2, 0.25) is 0 Å². The summed E-state index contributed by atoms with van der Waals surface area (Å²) < 4.78 is 18.0. The number of fused-ring (bicyclic) bond motifs is 3. The molecule has 4 aliphatic carbocycles. The molecule has 1 aromatic rings. The van der Waals surface area contributed by atoms with E-state index >= 15 is 0 Å². The molecule has 208 valence electrons. The molecule has 3 heterocycles. The molecule has 2 saturated heterocycles. The van der Waals surface area contributed by atoms with Gasteiger partial charge < -0.3 is 24.3 Å². The fourth-order valence-corrected chi connectivity index (χ4v) is 10.5. The van der Waals surface area contributed by atoms with E-state index in [0.29, 0.717) is 17.9 Å². The number of rotatable bonds is 3. The summed E-state index contributed by atoms with van der Waals surface area (Å²) in [6.07, 6.45) is 7.71. The number of ether oxygens (including phenoxy) is 2. The second-order valence-corrected chi connectivity index (χ2v) is 13.6. The first-order valence-corrected chi connectivity index (χ1v) is 14.7. The molecule has 8 heteroatoms. The highest BCUT2D eigenvalue weighted by molar-refractivity contribution is 5.66. The molecule has 1 spiro atoms. The highest BCUT2D eigenvalue weighted by atomic mass is 16.7. The molecule has 1 aromatic heterocycles. The first kappa shape index (κ1) is 25.2. The van der Waals surface area contributed by atoms with Gasteiger partial charge in [0.2, 0.25) is 0 Å². The van der Waals surface area contributed by atoms with Gasteiger partial charge in [0.05, 0.1) is 11.9 Å². The van der Waals surface area contributed by atoms with Crippen LogP contribution in [0, 0.1) is 22.7 Å². The maximum atomic E-state index is 12.3. The quantitative estimate of drug-likeness (QED) is 0.458. The first-order chi connectivity index (χ1) is 18.1. The number of carbonyl (C=O) groups is 1. The highest BCUT2D eigenvalue weighted by Crippen LogP contribution is 2.78. The van der Waals surface area contributed by atoms with Crippen LogP contribution in [0.15, 0.2) is 27.6 Å². The van der Waals surface area contributed by atoms with Crippen LogP contribution < -0.4 is 10.9 Å². The van der Waals surface area contributed by atoms with Crippen molar-refractivity contribution in [3.05, 3.63) is 34.4 Å². The van der Waals surface area contributed by atoms with Crippen molar-refractivity contribution in [3.63, 3.8) is 0 Å². The van der Waals surface area contributed by atoms with Crippen LogP contribution in [0.5, 0.6) is 0 Å². The van der Waals surface area contributed by atoms with Crippen LogP contribution in [0.4, 0.5) is 0 Å². The molecular formula is C30H42N2O6. The summed E-state index contributed by atoms with van der Waals surface area (Å²) in [5, 5.41) is 15.8. The van der Waals surface area contributed by atoms with Gasteiger partial charge in [0.15, 0.2) is 0 Å². The molecule has 0 radical (unpaired) electrons. The lowest BCUT2D eigenvalue weighted by molar-refractivity contribution is -0.220. The minimum atomic E-state index is -0.660. The number of hydrogen-bond acceptors (Lipinski definition) is 8. The first-order valence-electron chi connectivity index (χ1n) is 14.7. The lowest BCUT2D eigenvalue weighted by atomic mass is 9.42. The Morgan fingerprint density at radius 3 is 2.53 bits per heavy atom. The molecule has 4 saturated carbocycles. The SMILES string of the molecule is CC(=O)O[C@H]1[C@H]2O[C@]23[C@@H]2CC[C@]4(O)CC(N5CCNCC5)CC[C@]4(C)[C@H]2CC[C@]3(C)[C@H]1c1ccc(=O)oc1. The summed E-state index contributed by atoms with van der Waals surface area (Å²) in [6, 6.07) is 3.76. The second kappa shape index (κ2) is 8.38. The Labute approximate surface area is 224 Å². The number of carbonyl (C=O) groups excluding carboxylic acids is 1. The number of hydrogen-bond donors (Lipinski definition) is 2. The molecule has 0 bridgehead atoms. The average molecular weight is 527 g/mol. The van der Waals surface area contributed by atoms with Crippen molar-refractivity contribution < 1.29 is 23.8 Å². The van der Waals surface area contributed by atoms with Crippen molar-refractivity contribution in [1.29, 1.82) is 0 Å². The van der Waals surface area contributed by atoms with Crippen LogP contribution >= 0.6 is 0 Å². The Balaban J connectivity index is 1.21. The predicted molar refractivity (Wildman–Crippen MR) is 140 cm³/mol. The molecule has 1 unspecified atom stereocenters. The molecule has 6 fully saturated rings. The van der Waals surface area contributed by atoms with Gasteiger partial charge in [-0.2, -0.15) is 0 Å². The fourth-order valence-electron chi connectivity index (χ4n) is 10.5. The minimum absolute atomic E-state index is 0.0903. The molecule has 2 aliphatic heterocycles. The third kappa shape index (κ3) is 3.23. The van der Waals surface area contributed by atoms with Crippen molar-refractivity contribution in [2.45, 2.75) is 101 Å². The molecule has 0 amide bonds. The molecule has 6 aliphatic rings. The summed E-state index contributed by atoms with van der Waals surface area (Å²) in [7, 11) is 0. The fraction of sp³-hybridized carbons (Fsp3) is 0.800. The predicted octanol–water partition coefficient (Wildman–Crippen LogP) is 2.83. The van der Waals surface area contributed by atoms with Crippen molar-refractivity contribution in [2.75, 3.05) is 26.2 Å².